The second kappa shape index (κ2) is 6.57. The average molecular weight is 373 g/mol. The molecule has 0 aliphatic heterocycles. The van der Waals surface area contributed by atoms with Crippen molar-refractivity contribution in [2.75, 3.05) is 0 Å². The van der Waals surface area contributed by atoms with Crippen molar-refractivity contribution in [3.8, 4) is 5.75 Å². The molecule has 0 aliphatic carbocycles. The maximum absolute atomic E-state index is 12.2. The fraction of sp³-hybridized carbons (Fsp3) is 0.250. The van der Waals surface area contributed by atoms with E-state index in [-0.39, 0.29) is 11.7 Å². The van der Waals surface area contributed by atoms with Gasteiger partial charge in [0.2, 0.25) is 0 Å². The normalized spacial score (nSPS) is 13.2. The molecule has 0 saturated carbocycles. The van der Waals surface area contributed by atoms with E-state index < -0.39 is 6.36 Å². The maximum atomic E-state index is 12.2. The molecule has 0 unspecified atom stereocenters. The zero-order chi connectivity index (χ0) is 17.3. The van der Waals surface area contributed by atoms with Crippen LogP contribution in [0.1, 0.15) is 24.1 Å². The van der Waals surface area contributed by atoms with E-state index in [1.54, 1.807) is 12.1 Å². The lowest BCUT2D eigenvalue weighted by Gasteiger charge is -2.14. The summed E-state index contributed by atoms with van der Waals surface area (Å²) in [6, 6.07) is 5.87. The molecule has 0 N–H and O–H groups in total. The van der Waals surface area contributed by atoms with Crippen LogP contribution in [0.15, 0.2) is 36.0 Å². The van der Waals surface area contributed by atoms with Crippen molar-refractivity contribution in [2.45, 2.75) is 25.6 Å². The van der Waals surface area contributed by atoms with Gasteiger partial charge in [0.15, 0.2) is 0 Å². The Morgan fingerprint density at radius 1 is 1.21 bits per heavy atom. The number of aromatic nitrogens is 2. The van der Waals surface area contributed by atoms with E-state index in [1.165, 1.54) is 29.8 Å². The highest BCUT2D eigenvalue weighted by Crippen LogP contribution is 2.33. The van der Waals surface area contributed by atoms with Crippen LogP contribution in [0.3, 0.4) is 0 Å². The zero-order valence-electron chi connectivity index (χ0n) is 12.5. The van der Waals surface area contributed by atoms with Gasteiger partial charge in [-0.2, -0.15) is 0 Å². The third kappa shape index (κ3) is 3.79. The summed E-state index contributed by atoms with van der Waals surface area (Å²) in [5.74, 6) is -0.178. The summed E-state index contributed by atoms with van der Waals surface area (Å²) >= 11 is 7.65. The van der Waals surface area contributed by atoms with Crippen molar-refractivity contribution in [3.63, 3.8) is 0 Å². The van der Waals surface area contributed by atoms with Gasteiger partial charge in [0.05, 0.1) is 16.1 Å². The lowest BCUT2D eigenvalue weighted by Crippen LogP contribution is -2.17. The second-order valence-corrected chi connectivity index (χ2v) is 6.57. The largest absolute Gasteiger partial charge is 0.573 e. The fourth-order valence-electron chi connectivity index (χ4n) is 2.46. The molecule has 3 aromatic rings. The van der Waals surface area contributed by atoms with Crippen LogP contribution in [0.4, 0.5) is 13.2 Å². The van der Waals surface area contributed by atoms with Crippen LogP contribution in [0.25, 0.3) is 10.2 Å². The van der Waals surface area contributed by atoms with Crippen LogP contribution >= 0.6 is 22.9 Å². The number of rotatable bonds is 4. The molecule has 0 aliphatic rings. The first-order valence-electron chi connectivity index (χ1n) is 7.06. The maximum Gasteiger partial charge on any atom is 0.573 e. The van der Waals surface area contributed by atoms with Gasteiger partial charge in [-0.1, -0.05) is 30.7 Å². The Kier molecular flexibility index (Phi) is 4.64. The summed E-state index contributed by atoms with van der Waals surface area (Å²) in [6.45, 7) is 1.98. The highest BCUT2D eigenvalue weighted by atomic mass is 35.5. The molecule has 0 amide bonds. The van der Waals surface area contributed by atoms with E-state index in [9.17, 15) is 13.2 Å². The lowest BCUT2D eigenvalue weighted by molar-refractivity contribution is -0.274. The van der Waals surface area contributed by atoms with E-state index >= 15 is 0 Å². The van der Waals surface area contributed by atoms with Gasteiger partial charge in [0.1, 0.15) is 16.9 Å². The highest BCUT2D eigenvalue weighted by Gasteiger charge is 2.31. The molecule has 1 atom stereocenters. The first-order valence-corrected chi connectivity index (χ1v) is 8.31. The Morgan fingerprint density at radius 2 is 1.92 bits per heavy atom. The minimum absolute atomic E-state index is 0.0546. The summed E-state index contributed by atoms with van der Waals surface area (Å²) in [6.07, 6.45) is -2.58. The van der Waals surface area contributed by atoms with Crippen molar-refractivity contribution < 1.29 is 17.9 Å². The van der Waals surface area contributed by atoms with Gasteiger partial charge in [-0.3, -0.25) is 0 Å². The summed E-state index contributed by atoms with van der Waals surface area (Å²) in [5.41, 5.74) is 1.72. The average Bonchev–Trinajstić information content (AvgIpc) is 2.89. The minimum Gasteiger partial charge on any atom is -0.406 e. The Labute approximate surface area is 145 Å². The molecule has 126 valence electrons. The van der Waals surface area contributed by atoms with Gasteiger partial charge >= 0.3 is 6.36 Å². The smallest absolute Gasteiger partial charge is 0.406 e. The van der Waals surface area contributed by atoms with E-state index in [0.717, 1.165) is 21.5 Å². The van der Waals surface area contributed by atoms with Crippen molar-refractivity contribution in [1.29, 1.82) is 0 Å². The monoisotopic (exact) mass is 372 g/mol. The molecule has 3 rings (SSSR count). The molecule has 1 aromatic carbocycles. The first kappa shape index (κ1) is 17.0. The number of hydrogen-bond donors (Lipinski definition) is 0. The molecule has 0 spiro atoms. The predicted molar refractivity (Wildman–Crippen MR) is 87.7 cm³/mol. The van der Waals surface area contributed by atoms with E-state index in [1.807, 2.05) is 12.3 Å². The van der Waals surface area contributed by atoms with Gasteiger partial charge in [0.25, 0.3) is 0 Å². The molecule has 0 radical (unpaired) electrons. The quantitative estimate of drug-likeness (QED) is 0.598. The van der Waals surface area contributed by atoms with Crippen LogP contribution in [-0.4, -0.2) is 16.3 Å². The highest BCUT2D eigenvalue weighted by molar-refractivity contribution is 7.17. The van der Waals surface area contributed by atoms with Crippen molar-refractivity contribution in [2.24, 2.45) is 0 Å². The minimum atomic E-state index is -4.69. The van der Waals surface area contributed by atoms with Crippen molar-refractivity contribution in [3.05, 3.63) is 52.3 Å². The molecule has 0 bridgehead atoms. The van der Waals surface area contributed by atoms with Crippen LogP contribution < -0.4 is 4.74 Å². The molecular weight excluding hydrogens is 361 g/mol. The van der Waals surface area contributed by atoms with Gasteiger partial charge < -0.3 is 4.74 Å². The molecule has 2 aromatic heterocycles. The number of halogens is 4. The number of nitrogens with zero attached hydrogens (tertiary/aromatic N) is 2. The number of benzene rings is 1. The molecule has 0 fully saturated rings. The molecule has 2 heterocycles. The number of hydrogen-bond acceptors (Lipinski definition) is 4. The zero-order valence-corrected chi connectivity index (χ0v) is 14.0. The van der Waals surface area contributed by atoms with Gasteiger partial charge in [-0.15, -0.1) is 24.5 Å². The van der Waals surface area contributed by atoms with Crippen molar-refractivity contribution in [1.82, 2.24) is 9.97 Å². The standard InChI is InChI=1S/C16H12ClF3N2OS/c1-9(10-2-4-11(5-3-10)23-16(18,19)20)6-13-14-12(17)7-24-15(14)22-8-21-13/h2-5,7-9H,6H2,1H3/t9-/m1/s1. The summed E-state index contributed by atoms with van der Waals surface area (Å²) < 4.78 is 40.5. The van der Waals surface area contributed by atoms with Crippen LogP contribution in [0.5, 0.6) is 5.75 Å². The Hall–Kier alpha value is -1.86. The SMILES string of the molecule is C[C@H](Cc1ncnc2scc(Cl)c12)c1ccc(OC(F)(F)F)cc1. The number of alkyl halides is 3. The Balaban J connectivity index is 1.79. The van der Waals surface area contributed by atoms with Gasteiger partial charge in [0, 0.05) is 5.38 Å². The Bertz CT molecular complexity index is 849. The fourth-order valence-corrected chi connectivity index (χ4v) is 3.63. The third-order valence-electron chi connectivity index (χ3n) is 3.59. The van der Waals surface area contributed by atoms with Gasteiger partial charge in [-0.05, 0) is 30.0 Å². The van der Waals surface area contributed by atoms with E-state index in [4.69, 9.17) is 11.6 Å². The van der Waals surface area contributed by atoms with Crippen LogP contribution in [0, 0.1) is 0 Å². The molecule has 24 heavy (non-hydrogen) atoms. The topological polar surface area (TPSA) is 35.0 Å². The van der Waals surface area contributed by atoms with Crippen LogP contribution in [0.2, 0.25) is 5.02 Å². The van der Waals surface area contributed by atoms with E-state index in [0.29, 0.717) is 11.4 Å². The number of thiophene rings is 1. The van der Waals surface area contributed by atoms with Gasteiger partial charge in [-0.25, -0.2) is 9.97 Å². The van der Waals surface area contributed by atoms with E-state index in [2.05, 4.69) is 14.7 Å². The molecular formula is C16H12ClF3N2OS. The molecule has 3 nitrogen and oxygen atoms in total. The number of ether oxygens (including phenoxy) is 1. The summed E-state index contributed by atoms with van der Waals surface area (Å²) in [4.78, 5) is 9.32. The first-order chi connectivity index (χ1) is 11.3. The molecule has 0 saturated heterocycles. The summed E-state index contributed by atoms with van der Waals surface area (Å²) in [5, 5.41) is 3.28. The summed E-state index contributed by atoms with van der Waals surface area (Å²) in [7, 11) is 0. The van der Waals surface area contributed by atoms with Crippen LogP contribution in [-0.2, 0) is 6.42 Å². The Morgan fingerprint density at radius 3 is 2.58 bits per heavy atom. The third-order valence-corrected chi connectivity index (χ3v) is 4.90. The predicted octanol–water partition coefficient (Wildman–Crippen LogP) is 5.59. The number of fused-ring (bicyclic) bond motifs is 1. The second-order valence-electron chi connectivity index (χ2n) is 5.31. The molecule has 8 heteroatoms. The van der Waals surface area contributed by atoms with Crippen molar-refractivity contribution >= 4 is 33.2 Å². The lowest BCUT2D eigenvalue weighted by atomic mass is 9.95.